The third-order valence-electron chi connectivity index (χ3n) is 3.99. The molecule has 0 aromatic heterocycles. The molecule has 0 unspecified atom stereocenters. The normalized spacial score (nSPS) is 18.0. The van der Waals surface area contributed by atoms with Gasteiger partial charge >= 0.3 is 0 Å². The van der Waals surface area contributed by atoms with Crippen LogP contribution in [0.2, 0.25) is 0 Å². The molecule has 0 saturated carbocycles. The first-order chi connectivity index (χ1) is 10.9. The summed E-state index contributed by atoms with van der Waals surface area (Å²) in [6.07, 6.45) is 8.57. The van der Waals surface area contributed by atoms with Crippen LogP contribution in [0, 0.1) is 0 Å². The molecule has 0 amide bonds. The molecule has 0 aliphatic carbocycles. The summed E-state index contributed by atoms with van der Waals surface area (Å²) in [5.41, 5.74) is 6.77. The van der Waals surface area contributed by atoms with Crippen molar-refractivity contribution in [3.63, 3.8) is 0 Å². The van der Waals surface area contributed by atoms with E-state index < -0.39 is 0 Å². The lowest BCUT2D eigenvalue weighted by Gasteiger charge is -2.35. The third-order valence-corrected chi connectivity index (χ3v) is 3.99. The molecule has 0 aromatic rings. The predicted octanol–water partition coefficient (Wildman–Crippen LogP) is 0.386. The first-order valence-electron chi connectivity index (χ1n) is 9.43. The molecule has 1 rings (SSSR count). The summed E-state index contributed by atoms with van der Waals surface area (Å²) in [5, 5.41) is 2.19. The fourth-order valence-corrected chi connectivity index (χ4v) is 2.17. The summed E-state index contributed by atoms with van der Waals surface area (Å²) in [6, 6.07) is 0. The minimum Gasteiger partial charge on any atom is -0.330 e. The Kier molecular flexibility index (Phi) is 17.3. The Hall–Kier alpha value is -0.680. The highest BCUT2D eigenvalue weighted by atomic mass is 15.4. The molecule has 1 heterocycles. The predicted molar refractivity (Wildman–Crippen MR) is 103 cm³/mol. The minimum absolute atomic E-state index is 0.734. The molecule has 4 nitrogen and oxygen atoms in total. The third kappa shape index (κ3) is 16.0. The second-order valence-electron chi connectivity index (χ2n) is 6.63. The van der Waals surface area contributed by atoms with E-state index in [1.165, 1.54) is 42.7 Å². The van der Waals surface area contributed by atoms with E-state index in [0.717, 1.165) is 19.5 Å². The van der Waals surface area contributed by atoms with Crippen LogP contribution in [0.1, 0.15) is 40.5 Å². The van der Waals surface area contributed by atoms with E-state index in [0.29, 0.717) is 0 Å². The summed E-state index contributed by atoms with van der Waals surface area (Å²) in [5.74, 6) is 0. The van der Waals surface area contributed by atoms with Gasteiger partial charge in [-0.05, 0) is 38.0 Å². The Morgan fingerprint density at radius 1 is 1.22 bits per heavy atom. The number of hydrogen-bond acceptors (Lipinski definition) is 1. The van der Waals surface area contributed by atoms with Gasteiger partial charge in [-0.3, -0.25) is 0 Å². The van der Waals surface area contributed by atoms with Crippen molar-refractivity contribution in [2.45, 2.75) is 40.5 Å². The zero-order valence-electron chi connectivity index (χ0n) is 17.0. The van der Waals surface area contributed by atoms with Gasteiger partial charge in [-0.15, -0.1) is 0 Å². The van der Waals surface area contributed by atoms with Crippen LogP contribution in [-0.2, 0) is 0 Å². The highest BCUT2D eigenvalue weighted by molar-refractivity contribution is 5.15. The standard InChI is InChI=1S/C10H20N2.C7H17N2.C2H6/c1-3-8-12-9-6-10(4-2)5-7-11;1-8-4-6-9(2,3)7-5-8;1-2/h4,6,9,12H,3,5,7-8,11H2,1-2H3;4-7H2,1-3H3;1-2H3/q;+1;/p+2/b9-6-,10-4-;;. The molecule has 4 heteroatoms. The number of piperazine rings is 1. The maximum absolute atomic E-state index is 5.45. The van der Waals surface area contributed by atoms with E-state index >= 15 is 0 Å². The molecule has 5 N–H and O–H groups in total. The zero-order chi connectivity index (χ0) is 18.1. The lowest BCUT2D eigenvalue weighted by atomic mass is 10.2. The molecular formula is C19H45N4+3. The quantitative estimate of drug-likeness (QED) is 0.368. The maximum atomic E-state index is 5.45. The Labute approximate surface area is 146 Å². The smallest absolute Gasteiger partial charge is 0.128 e. The van der Waals surface area contributed by atoms with Gasteiger partial charge in [0.15, 0.2) is 0 Å². The molecule has 1 aliphatic rings. The van der Waals surface area contributed by atoms with Gasteiger partial charge in [0, 0.05) is 0 Å². The highest BCUT2D eigenvalue weighted by Crippen LogP contribution is 1.99. The van der Waals surface area contributed by atoms with Gasteiger partial charge in [0.1, 0.15) is 26.2 Å². The number of nitrogens with one attached hydrogen (secondary N) is 1. The summed E-state index contributed by atoms with van der Waals surface area (Å²) in [4.78, 5) is 1.69. The average molecular weight is 330 g/mol. The lowest BCUT2D eigenvalue weighted by molar-refractivity contribution is -0.996. The van der Waals surface area contributed by atoms with Crippen LogP contribution in [0.3, 0.4) is 0 Å². The van der Waals surface area contributed by atoms with Gasteiger partial charge in [0.2, 0.25) is 0 Å². The van der Waals surface area contributed by atoms with Crippen molar-refractivity contribution < 1.29 is 14.7 Å². The number of allylic oxidation sites excluding steroid dienone is 2. The Morgan fingerprint density at radius 2 is 1.78 bits per heavy atom. The topological polar surface area (TPSA) is 47.1 Å². The highest BCUT2D eigenvalue weighted by Gasteiger charge is 2.24. The van der Waals surface area contributed by atoms with Crippen LogP contribution in [0.4, 0.5) is 0 Å². The molecule has 0 aromatic carbocycles. The summed E-state index contributed by atoms with van der Waals surface area (Å²) >= 11 is 0. The molecule has 0 atom stereocenters. The summed E-state index contributed by atoms with van der Waals surface area (Å²) in [6.45, 7) is 15.5. The molecule has 1 aliphatic heterocycles. The number of quaternary nitrogens is 3. The number of rotatable bonds is 6. The summed E-state index contributed by atoms with van der Waals surface area (Å²) < 4.78 is 1.22. The van der Waals surface area contributed by atoms with Crippen LogP contribution < -0.4 is 16.0 Å². The Morgan fingerprint density at radius 3 is 2.17 bits per heavy atom. The van der Waals surface area contributed by atoms with Crippen LogP contribution in [0.15, 0.2) is 23.9 Å². The van der Waals surface area contributed by atoms with Crippen LogP contribution in [-0.4, -0.2) is 64.9 Å². The fourth-order valence-electron chi connectivity index (χ4n) is 2.17. The average Bonchev–Trinajstić information content (AvgIpc) is 2.56. The number of likely N-dealkylation sites (N-methyl/N-ethyl adjacent to an activating group) is 2. The molecular weight excluding hydrogens is 284 g/mol. The monoisotopic (exact) mass is 329 g/mol. The van der Waals surface area contributed by atoms with Gasteiger partial charge < -0.3 is 20.4 Å². The van der Waals surface area contributed by atoms with Crippen molar-refractivity contribution in [3.05, 3.63) is 23.9 Å². The van der Waals surface area contributed by atoms with Crippen LogP contribution in [0.25, 0.3) is 0 Å². The van der Waals surface area contributed by atoms with E-state index in [1.807, 2.05) is 13.8 Å². The van der Waals surface area contributed by atoms with E-state index in [1.54, 1.807) is 4.90 Å². The SMILES string of the molecule is C/C=C(\C=C/[NH2+]CCC)CCN.CC.C[NH+]1CC[N+](C)(C)CC1. The van der Waals surface area contributed by atoms with E-state index in [9.17, 15) is 0 Å². The van der Waals surface area contributed by atoms with E-state index in [4.69, 9.17) is 5.73 Å². The number of nitrogens with two attached hydrogens (primary N) is 2. The van der Waals surface area contributed by atoms with Gasteiger partial charge in [-0.1, -0.05) is 26.8 Å². The van der Waals surface area contributed by atoms with Gasteiger partial charge in [0.05, 0.1) is 33.9 Å². The lowest BCUT2D eigenvalue weighted by Crippen LogP contribution is -3.12. The van der Waals surface area contributed by atoms with Crippen molar-refractivity contribution in [2.75, 3.05) is 60.4 Å². The van der Waals surface area contributed by atoms with E-state index in [2.05, 4.69) is 58.7 Å². The fraction of sp³-hybridized carbons (Fsp3) is 0.789. The minimum atomic E-state index is 0.734. The number of nitrogens with zero attached hydrogens (tertiary/aromatic N) is 1. The molecule has 1 saturated heterocycles. The van der Waals surface area contributed by atoms with Crippen LogP contribution >= 0.6 is 0 Å². The van der Waals surface area contributed by atoms with Crippen molar-refractivity contribution in [3.8, 4) is 0 Å². The van der Waals surface area contributed by atoms with Gasteiger partial charge in [0.25, 0.3) is 0 Å². The largest absolute Gasteiger partial charge is 0.330 e. The van der Waals surface area contributed by atoms with Crippen LogP contribution in [0.5, 0.6) is 0 Å². The van der Waals surface area contributed by atoms with E-state index in [-0.39, 0.29) is 0 Å². The molecule has 23 heavy (non-hydrogen) atoms. The zero-order valence-corrected chi connectivity index (χ0v) is 17.0. The Balaban J connectivity index is 0. The second-order valence-corrected chi connectivity index (χ2v) is 6.63. The number of hydrogen-bond donors (Lipinski definition) is 3. The molecule has 0 radical (unpaired) electrons. The first kappa shape index (κ1) is 24.6. The van der Waals surface area contributed by atoms with Crippen molar-refractivity contribution in [1.29, 1.82) is 0 Å². The van der Waals surface area contributed by atoms with Gasteiger partial charge in [-0.25, -0.2) is 0 Å². The summed E-state index contributed by atoms with van der Waals surface area (Å²) in [7, 11) is 6.90. The maximum Gasteiger partial charge on any atom is 0.128 e. The van der Waals surface area contributed by atoms with Crippen molar-refractivity contribution in [1.82, 2.24) is 0 Å². The second kappa shape index (κ2) is 16.2. The van der Waals surface area contributed by atoms with Gasteiger partial charge in [-0.2, -0.15) is 0 Å². The molecule has 0 spiro atoms. The Bertz CT molecular complexity index is 298. The molecule has 0 bridgehead atoms. The first-order valence-corrected chi connectivity index (χ1v) is 9.43. The molecule has 1 fully saturated rings. The van der Waals surface area contributed by atoms with Crippen molar-refractivity contribution >= 4 is 0 Å². The molecule has 138 valence electrons. The van der Waals surface area contributed by atoms with Crippen molar-refractivity contribution in [2.24, 2.45) is 5.73 Å².